The molecule has 0 saturated carbocycles. The van der Waals surface area contributed by atoms with Crippen molar-refractivity contribution < 1.29 is 35.1 Å². The van der Waals surface area contributed by atoms with E-state index in [1.165, 1.54) is 12.2 Å². The summed E-state index contributed by atoms with van der Waals surface area (Å²) >= 11 is 0. The molecule has 0 radical (unpaired) electrons. The molecular formula is C11H27F3O5Si4. The molecule has 0 bridgehead atoms. The average molecular weight is 409 g/mol. The molecule has 2 atom stereocenters. The molecule has 0 aliphatic carbocycles. The zero-order valence-electron chi connectivity index (χ0n) is 14.5. The van der Waals surface area contributed by atoms with Gasteiger partial charge in [0.25, 0.3) is 0 Å². The van der Waals surface area contributed by atoms with E-state index in [1.54, 1.807) is 32.7 Å². The van der Waals surface area contributed by atoms with Gasteiger partial charge in [-0.3, -0.25) is 0 Å². The third-order valence-corrected chi connectivity index (χ3v) is 15.5. The van der Waals surface area contributed by atoms with E-state index in [2.05, 4.69) is 6.58 Å². The lowest BCUT2D eigenvalue weighted by molar-refractivity contribution is -0.131. The lowest BCUT2D eigenvalue weighted by Crippen LogP contribution is -2.57. The van der Waals surface area contributed by atoms with Crippen LogP contribution in [0.3, 0.4) is 0 Å². The molecule has 0 fully saturated rings. The summed E-state index contributed by atoms with van der Waals surface area (Å²) in [5.74, 6) is 0. The second-order valence-electron chi connectivity index (χ2n) is 6.66. The standard InChI is InChI=1S/C11H27F3O5Si4/c1-8-23(7,18-21(4,5)17-20(2,3)15)19-22(6,16)10-9-11(12,13)14/h8,15-16H,1,9-10H2,2-7H3. The van der Waals surface area contributed by atoms with Gasteiger partial charge in [-0.25, -0.2) is 0 Å². The molecule has 138 valence electrons. The smallest absolute Gasteiger partial charge is 0.389 e. The van der Waals surface area contributed by atoms with Crippen LogP contribution >= 0.6 is 0 Å². The first-order valence-electron chi connectivity index (χ1n) is 7.14. The molecule has 0 aliphatic heterocycles. The Morgan fingerprint density at radius 3 is 1.78 bits per heavy atom. The first kappa shape index (κ1) is 23.2. The minimum atomic E-state index is -4.35. The van der Waals surface area contributed by atoms with E-state index < -0.39 is 52.9 Å². The molecule has 12 heteroatoms. The van der Waals surface area contributed by atoms with Crippen LogP contribution in [0.25, 0.3) is 0 Å². The van der Waals surface area contributed by atoms with E-state index in [0.717, 1.165) is 0 Å². The van der Waals surface area contributed by atoms with Gasteiger partial charge in [0.2, 0.25) is 0 Å². The normalized spacial score (nSPS) is 19.1. The third kappa shape index (κ3) is 11.4. The van der Waals surface area contributed by atoms with Crippen LogP contribution in [-0.2, 0) is 12.3 Å². The first-order chi connectivity index (χ1) is 9.89. The molecule has 5 nitrogen and oxygen atoms in total. The SMILES string of the molecule is C=C[Si](C)(O[Si](C)(O)CCC(F)(F)F)O[Si](C)(C)O[Si](C)(C)O. The van der Waals surface area contributed by atoms with Gasteiger partial charge in [0.15, 0.2) is 0 Å². The topological polar surface area (TPSA) is 68.2 Å². The lowest BCUT2D eigenvalue weighted by Gasteiger charge is -2.39. The maximum atomic E-state index is 12.3. The average Bonchev–Trinajstić information content (AvgIpc) is 2.20. The van der Waals surface area contributed by atoms with Crippen molar-refractivity contribution in [1.29, 1.82) is 0 Å². The summed E-state index contributed by atoms with van der Waals surface area (Å²) in [4.78, 5) is 20.1. The Kier molecular flexibility index (Phi) is 7.68. The van der Waals surface area contributed by atoms with Crippen molar-refractivity contribution in [3.8, 4) is 0 Å². The van der Waals surface area contributed by atoms with Gasteiger partial charge in [0, 0.05) is 6.42 Å². The second-order valence-corrected chi connectivity index (χ2v) is 20.1. The number of hydrogen-bond acceptors (Lipinski definition) is 5. The Bertz CT molecular complexity index is 411. The van der Waals surface area contributed by atoms with Gasteiger partial charge >= 0.3 is 40.4 Å². The fourth-order valence-corrected chi connectivity index (χ4v) is 17.2. The Labute approximate surface area is 140 Å². The Hall–Kier alpha value is 0.198. The molecule has 23 heavy (non-hydrogen) atoms. The molecule has 0 aromatic heterocycles. The highest BCUT2D eigenvalue weighted by Gasteiger charge is 2.46. The van der Waals surface area contributed by atoms with Crippen molar-refractivity contribution in [3.05, 3.63) is 12.3 Å². The number of hydrogen-bond donors (Lipinski definition) is 2. The van der Waals surface area contributed by atoms with Crippen molar-refractivity contribution in [2.75, 3.05) is 0 Å². The van der Waals surface area contributed by atoms with Crippen LogP contribution in [0.4, 0.5) is 13.2 Å². The zero-order chi connectivity index (χ0) is 18.7. The monoisotopic (exact) mass is 408 g/mol. The van der Waals surface area contributed by atoms with Gasteiger partial charge in [-0.15, -0.1) is 6.58 Å². The Balaban J connectivity index is 4.99. The van der Waals surface area contributed by atoms with Crippen molar-refractivity contribution in [2.24, 2.45) is 0 Å². The van der Waals surface area contributed by atoms with E-state index in [-0.39, 0.29) is 0 Å². The molecule has 0 heterocycles. The molecular weight excluding hydrogens is 381 g/mol. The maximum absolute atomic E-state index is 12.3. The largest absolute Gasteiger partial charge is 0.416 e. The van der Waals surface area contributed by atoms with Crippen molar-refractivity contribution in [2.45, 2.75) is 57.9 Å². The van der Waals surface area contributed by atoms with Crippen LogP contribution in [0.15, 0.2) is 12.3 Å². The minimum Gasteiger partial charge on any atom is -0.416 e. The van der Waals surface area contributed by atoms with Gasteiger partial charge in [0.1, 0.15) is 0 Å². The van der Waals surface area contributed by atoms with E-state index in [1.807, 2.05) is 0 Å². The van der Waals surface area contributed by atoms with Gasteiger partial charge in [-0.05, 0) is 45.3 Å². The van der Waals surface area contributed by atoms with E-state index in [4.69, 9.17) is 12.3 Å². The predicted octanol–water partition coefficient (Wildman–Crippen LogP) is 3.25. The second kappa shape index (κ2) is 7.61. The summed E-state index contributed by atoms with van der Waals surface area (Å²) in [6.45, 7) is 13.1. The summed E-state index contributed by atoms with van der Waals surface area (Å²) in [6, 6.07) is -0.473. The molecule has 0 aromatic rings. The molecule has 0 rings (SSSR count). The quantitative estimate of drug-likeness (QED) is 0.573. The van der Waals surface area contributed by atoms with Crippen LogP contribution in [0.2, 0.25) is 45.3 Å². The van der Waals surface area contributed by atoms with Gasteiger partial charge < -0.3 is 21.9 Å². The molecule has 2 N–H and O–H groups in total. The van der Waals surface area contributed by atoms with E-state index >= 15 is 0 Å². The van der Waals surface area contributed by atoms with Crippen molar-refractivity contribution in [1.82, 2.24) is 0 Å². The molecule has 0 saturated heterocycles. The summed E-state index contributed by atoms with van der Waals surface area (Å²) < 4.78 is 54.1. The molecule has 0 aromatic carbocycles. The van der Waals surface area contributed by atoms with Crippen LogP contribution in [0, 0.1) is 0 Å². The summed E-state index contributed by atoms with van der Waals surface area (Å²) in [5.41, 5.74) is 1.41. The maximum Gasteiger partial charge on any atom is 0.389 e. The summed E-state index contributed by atoms with van der Waals surface area (Å²) in [7, 11) is -12.3. The number of rotatable bonds is 9. The van der Waals surface area contributed by atoms with Crippen LogP contribution in [0.5, 0.6) is 0 Å². The Morgan fingerprint density at radius 2 is 1.43 bits per heavy atom. The first-order valence-corrected chi connectivity index (χ1v) is 17.8. The molecule has 2 unspecified atom stereocenters. The highest BCUT2D eigenvalue weighted by Crippen LogP contribution is 2.29. The van der Waals surface area contributed by atoms with Gasteiger partial charge in [0.05, 0.1) is 0 Å². The fourth-order valence-electron chi connectivity index (χ4n) is 2.08. The van der Waals surface area contributed by atoms with Gasteiger partial charge in [-0.2, -0.15) is 13.2 Å². The van der Waals surface area contributed by atoms with Crippen molar-refractivity contribution >= 4 is 34.2 Å². The van der Waals surface area contributed by atoms with Crippen LogP contribution < -0.4 is 0 Å². The molecule has 0 spiro atoms. The third-order valence-electron chi connectivity index (χ3n) is 2.61. The highest BCUT2D eigenvalue weighted by molar-refractivity contribution is 6.89. The lowest BCUT2D eigenvalue weighted by atomic mass is 10.5. The van der Waals surface area contributed by atoms with Crippen LogP contribution in [-0.4, -0.2) is 50.0 Å². The highest BCUT2D eigenvalue weighted by atomic mass is 28.5. The number of halogens is 3. The Morgan fingerprint density at radius 1 is 0.957 bits per heavy atom. The van der Waals surface area contributed by atoms with Crippen LogP contribution in [0.1, 0.15) is 6.42 Å². The minimum absolute atomic E-state index is 0.473. The summed E-state index contributed by atoms with van der Waals surface area (Å²) in [5, 5.41) is 0. The fraction of sp³-hybridized carbons (Fsp3) is 0.818. The van der Waals surface area contributed by atoms with Gasteiger partial charge in [-0.1, -0.05) is 5.70 Å². The van der Waals surface area contributed by atoms with E-state index in [0.29, 0.717) is 0 Å². The van der Waals surface area contributed by atoms with E-state index in [9.17, 15) is 22.8 Å². The molecule has 0 aliphatic rings. The summed E-state index contributed by atoms with van der Waals surface area (Å²) in [6.07, 6.45) is -5.46. The zero-order valence-corrected chi connectivity index (χ0v) is 18.5. The number of alkyl halides is 3. The van der Waals surface area contributed by atoms with Crippen molar-refractivity contribution in [3.63, 3.8) is 0 Å². The predicted molar refractivity (Wildman–Crippen MR) is 91.6 cm³/mol. The molecule has 0 amide bonds.